The van der Waals surface area contributed by atoms with Crippen LogP contribution in [-0.2, 0) is 4.74 Å². The van der Waals surface area contributed by atoms with Crippen molar-refractivity contribution in [2.45, 2.75) is 43.9 Å². The van der Waals surface area contributed by atoms with Crippen LogP contribution in [0.1, 0.15) is 53.9 Å². The van der Waals surface area contributed by atoms with Crippen molar-refractivity contribution in [1.82, 2.24) is 19.5 Å². The zero-order valence-electron chi connectivity index (χ0n) is 21.0. The van der Waals surface area contributed by atoms with Crippen LogP contribution in [0.3, 0.4) is 0 Å². The van der Waals surface area contributed by atoms with Gasteiger partial charge in [-0.2, -0.15) is 9.97 Å². The first kappa shape index (κ1) is 26.6. The predicted octanol–water partition coefficient (Wildman–Crippen LogP) is 5.43. The van der Waals surface area contributed by atoms with Gasteiger partial charge < -0.3 is 21.5 Å². The van der Waals surface area contributed by atoms with E-state index in [-0.39, 0.29) is 56.6 Å². The zero-order valence-corrected chi connectivity index (χ0v) is 23.2. The summed E-state index contributed by atoms with van der Waals surface area (Å²) in [5.74, 6) is 0.411. The molecule has 2 fully saturated rings. The number of nitrogens with two attached hydrogens (primary N) is 2. The SMILES string of the molecule is Nc1nc(N)c(Cl)c(N[C@H](c2nc3c(Cl)ccc(Cl)c3c(=O)n2C2CC(OC(=O)c3ccccc3)C2)C2CC2)n1. The first-order valence-corrected chi connectivity index (χ1v) is 13.9. The highest BCUT2D eigenvalue weighted by Gasteiger charge is 2.41. The van der Waals surface area contributed by atoms with E-state index < -0.39 is 12.0 Å². The number of nitrogen functional groups attached to an aromatic ring is 2. The fraction of sp³-hybridized carbons (Fsp3) is 0.296. The van der Waals surface area contributed by atoms with Crippen LogP contribution in [0.5, 0.6) is 0 Å². The summed E-state index contributed by atoms with van der Waals surface area (Å²) < 4.78 is 7.33. The summed E-state index contributed by atoms with van der Waals surface area (Å²) in [6.07, 6.45) is 2.30. The van der Waals surface area contributed by atoms with Gasteiger partial charge in [0.25, 0.3) is 5.56 Å². The van der Waals surface area contributed by atoms with E-state index in [9.17, 15) is 9.59 Å². The molecule has 2 aliphatic carbocycles. The number of nitrogens with zero attached hydrogens (tertiary/aromatic N) is 4. The van der Waals surface area contributed by atoms with Gasteiger partial charge in [0, 0.05) is 18.9 Å². The topological polar surface area (TPSA) is 151 Å². The Morgan fingerprint density at radius 1 is 1.00 bits per heavy atom. The van der Waals surface area contributed by atoms with E-state index in [2.05, 4.69) is 15.3 Å². The number of hydrogen-bond donors (Lipinski definition) is 3. The summed E-state index contributed by atoms with van der Waals surface area (Å²) in [5, 5.41) is 4.21. The Hall–Kier alpha value is -3.60. The third-order valence-electron chi connectivity index (χ3n) is 7.26. The second kappa shape index (κ2) is 10.4. The van der Waals surface area contributed by atoms with Crippen LogP contribution in [0.4, 0.5) is 17.6 Å². The summed E-state index contributed by atoms with van der Waals surface area (Å²) in [6.45, 7) is 0. The number of nitrogens with one attached hydrogen (secondary N) is 1. The summed E-state index contributed by atoms with van der Waals surface area (Å²) in [7, 11) is 0. The Bertz CT molecular complexity index is 1690. The van der Waals surface area contributed by atoms with Gasteiger partial charge in [0.1, 0.15) is 22.8 Å². The van der Waals surface area contributed by atoms with Crippen LogP contribution in [0.25, 0.3) is 10.9 Å². The lowest BCUT2D eigenvalue weighted by molar-refractivity contribution is -0.00922. The lowest BCUT2D eigenvalue weighted by Crippen LogP contribution is -2.42. The van der Waals surface area contributed by atoms with Crippen molar-refractivity contribution in [3.05, 3.63) is 79.3 Å². The van der Waals surface area contributed by atoms with Crippen molar-refractivity contribution < 1.29 is 9.53 Å². The molecule has 0 spiro atoms. The third-order valence-corrected chi connectivity index (χ3v) is 8.25. The maximum absolute atomic E-state index is 14.0. The van der Waals surface area contributed by atoms with Crippen LogP contribution >= 0.6 is 34.8 Å². The first-order chi connectivity index (χ1) is 19.2. The molecule has 2 aromatic carbocycles. The second-order valence-electron chi connectivity index (χ2n) is 10.0. The number of aromatic nitrogens is 4. The minimum atomic E-state index is -0.468. The summed E-state index contributed by atoms with van der Waals surface area (Å²) in [5.41, 5.74) is 12.2. The van der Waals surface area contributed by atoms with Gasteiger partial charge in [-0.3, -0.25) is 9.36 Å². The second-order valence-corrected chi connectivity index (χ2v) is 11.2. The number of hydrogen-bond acceptors (Lipinski definition) is 9. The fourth-order valence-corrected chi connectivity index (χ4v) is 5.58. The van der Waals surface area contributed by atoms with E-state index in [1.54, 1.807) is 41.0 Å². The average molecular weight is 601 g/mol. The molecular weight excluding hydrogens is 577 g/mol. The van der Waals surface area contributed by atoms with Crippen LogP contribution in [0.15, 0.2) is 47.3 Å². The minimum absolute atomic E-state index is 0.0342. The lowest BCUT2D eigenvalue weighted by atomic mass is 9.88. The molecule has 2 aromatic heterocycles. The maximum Gasteiger partial charge on any atom is 0.338 e. The van der Waals surface area contributed by atoms with E-state index in [0.717, 1.165) is 12.8 Å². The highest BCUT2D eigenvalue weighted by Crippen LogP contribution is 2.46. The Morgan fingerprint density at radius 3 is 2.40 bits per heavy atom. The lowest BCUT2D eigenvalue weighted by Gasteiger charge is -2.38. The maximum atomic E-state index is 14.0. The predicted molar refractivity (Wildman–Crippen MR) is 155 cm³/mol. The van der Waals surface area contributed by atoms with E-state index in [4.69, 9.17) is 56.0 Å². The van der Waals surface area contributed by atoms with E-state index in [1.807, 2.05) is 6.07 Å². The summed E-state index contributed by atoms with van der Waals surface area (Å²) >= 11 is 19.4. The van der Waals surface area contributed by atoms with Gasteiger partial charge in [0.05, 0.1) is 32.6 Å². The largest absolute Gasteiger partial charge is 0.459 e. The molecule has 13 heteroatoms. The van der Waals surface area contributed by atoms with Gasteiger partial charge in [-0.1, -0.05) is 53.0 Å². The molecule has 4 aromatic rings. The molecule has 0 unspecified atom stereocenters. The molecule has 1 atom stereocenters. The summed E-state index contributed by atoms with van der Waals surface area (Å²) in [4.78, 5) is 39.6. The normalized spacial score (nSPS) is 19.2. The number of rotatable bonds is 7. The molecule has 0 amide bonds. The van der Waals surface area contributed by atoms with E-state index >= 15 is 0 Å². The number of esters is 1. The molecule has 6 rings (SSSR count). The molecule has 5 N–H and O–H groups in total. The number of fused-ring (bicyclic) bond motifs is 1. The van der Waals surface area contributed by atoms with Gasteiger partial charge in [-0.25, -0.2) is 9.78 Å². The van der Waals surface area contributed by atoms with Crippen LogP contribution < -0.4 is 22.3 Å². The van der Waals surface area contributed by atoms with Gasteiger partial charge in [-0.15, -0.1) is 0 Å². The Balaban J connectivity index is 1.39. The van der Waals surface area contributed by atoms with Crippen LogP contribution in [0.2, 0.25) is 15.1 Å². The van der Waals surface area contributed by atoms with Gasteiger partial charge >= 0.3 is 5.97 Å². The smallest absolute Gasteiger partial charge is 0.338 e. The van der Waals surface area contributed by atoms with Gasteiger partial charge in [0.2, 0.25) is 5.95 Å². The highest BCUT2D eigenvalue weighted by molar-refractivity contribution is 6.39. The van der Waals surface area contributed by atoms with Crippen molar-refractivity contribution in [1.29, 1.82) is 0 Å². The van der Waals surface area contributed by atoms with Gasteiger partial charge in [-0.05, 0) is 43.0 Å². The average Bonchev–Trinajstić information content (AvgIpc) is 3.75. The number of carbonyl (C=O) groups is 1. The monoisotopic (exact) mass is 599 g/mol. The summed E-state index contributed by atoms with van der Waals surface area (Å²) in [6, 6.07) is 11.2. The fourth-order valence-electron chi connectivity index (χ4n) is 5.01. The van der Waals surface area contributed by atoms with Crippen molar-refractivity contribution in [3.63, 3.8) is 0 Å². The number of anilines is 3. The zero-order chi connectivity index (χ0) is 28.1. The van der Waals surface area contributed by atoms with Crippen LogP contribution in [-0.4, -0.2) is 31.6 Å². The molecule has 0 radical (unpaired) electrons. The minimum Gasteiger partial charge on any atom is -0.459 e. The first-order valence-electron chi connectivity index (χ1n) is 12.7. The van der Waals surface area contributed by atoms with Crippen molar-refractivity contribution in [2.75, 3.05) is 16.8 Å². The molecular formula is C27H24Cl3N7O3. The van der Waals surface area contributed by atoms with Crippen LogP contribution in [0, 0.1) is 5.92 Å². The molecule has 2 heterocycles. The number of carbonyl (C=O) groups excluding carboxylic acids is 1. The van der Waals surface area contributed by atoms with E-state index in [0.29, 0.717) is 34.8 Å². The molecule has 40 heavy (non-hydrogen) atoms. The van der Waals surface area contributed by atoms with Crippen molar-refractivity contribution in [2.24, 2.45) is 5.92 Å². The molecule has 2 aliphatic rings. The number of halogens is 3. The van der Waals surface area contributed by atoms with Crippen molar-refractivity contribution in [3.8, 4) is 0 Å². The third kappa shape index (κ3) is 4.91. The molecule has 0 aliphatic heterocycles. The van der Waals surface area contributed by atoms with Gasteiger partial charge in [0.15, 0.2) is 5.82 Å². The number of benzene rings is 2. The number of ether oxygens (including phenoxy) is 1. The Labute approximate surface area is 243 Å². The highest BCUT2D eigenvalue weighted by atomic mass is 35.5. The molecule has 0 saturated heterocycles. The molecule has 10 nitrogen and oxygen atoms in total. The molecule has 206 valence electrons. The standard InChI is InChI=1S/C27H24Cl3N7O3/c28-16-8-9-17(29)21-18(16)25(38)37(14-10-15(11-14)40-26(39)13-4-2-1-3-5-13)24(34-21)20(12-6-7-12)33-23-19(30)22(31)35-27(32)36-23/h1-5,8-9,12,14-15,20H,6-7,10-11H2,(H5,31,32,33,35,36)/t14?,15?,20-/m0/s1. The molecule has 0 bridgehead atoms. The molecule has 2 saturated carbocycles. The van der Waals surface area contributed by atoms with Crippen molar-refractivity contribution >= 4 is 69.3 Å². The quantitative estimate of drug-likeness (QED) is 0.236. The Kier molecular flexibility index (Phi) is 6.93. The van der Waals surface area contributed by atoms with E-state index in [1.165, 1.54) is 0 Å². The Morgan fingerprint density at radius 2 is 1.70 bits per heavy atom.